The van der Waals surface area contributed by atoms with E-state index in [9.17, 15) is 10.1 Å². The van der Waals surface area contributed by atoms with Gasteiger partial charge in [0, 0.05) is 12.6 Å². The predicted octanol–water partition coefficient (Wildman–Crippen LogP) is 5.76. The van der Waals surface area contributed by atoms with E-state index in [1.165, 1.54) is 11.1 Å². The summed E-state index contributed by atoms with van der Waals surface area (Å²) >= 11 is 0. The molecule has 2 amide bonds. The van der Waals surface area contributed by atoms with Crippen LogP contribution in [0.25, 0.3) is 16.7 Å². The number of amides is 2. The Kier molecular flexibility index (Phi) is 6.05. The number of nitrogens with one attached hydrogen (secondary N) is 1. The molecule has 5 rings (SSSR count). The minimum atomic E-state index is -0.00434. The molecule has 5 heteroatoms. The molecular weight excluding hydrogens is 422 g/mol. The van der Waals surface area contributed by atoms with Gasteiger partial charge in [-0.1, -0.05) is 54.6 Å². The summed E-state index contributed by atoms with van der Waals surface area (Å²) in [7, 11) is 1.65. The first kappa shape index (κ1) is 21.8. The minimum absolute atomic E-state index is 0.00434. The topological polar surface area (TPSA) is 65.4 Å². The number of urea groups is 1. The number of rotatable bonds is 5. The van der Waals surface area contributed by atoms with E-state index < -0.39 is 0 Å². The number of hydrogen-bond acceptors (Lipinski definition) is 3. The molecular formula is C29H27N3O2. The Balaban J connectivity index is 1.31. The van der Waals surface area contributed by atoms with Gasteiger partial charge < -0.3 is 15.0 Å². The van der Waals surface area contributed by atoms with Crippen LogP contribution in [-0.2, 0) is 6.54 Å². The number of nitriles is 1. The zero-order chi connectivity index (χ0) is 23.5. The van der Waals surface area contributed by atoms with E-state index in [-0.39, 0.29) is 18.1 Å². The normalized spacial score (nSPS) is 18.7. The highest BCUT2D eigenvalue weighted by Crippen LogP contribution is 2.39. The van der Waals surface area contributed by atoms with Crippen molar-refractivity contribution >= 4 is 11.6 Å². The molecule has 1 saturated heterocycles. The van der Waals surface area contributed by atoms with Crippen LogP contribution in [0.1, 0.15) is 36.0 Å². The molecule has 3 aromatic carbocycles. The Morgan fingerprint density at radius 2 is 1.85 bits per heavy atom. The zero-order valence-corrected chi connectivity index (χ0v) is 19.2. The Morgan fingerprint density at radius 3 is 2.62 bits per heavy atom. The summed E-state index contributed by atoms with van der Waals surface area (Å²) in [4.78, 5) is 15.1. The van der Waals surface area contributed by atoms with E-state index in [0.29, 0.717) is 12.1 Å². The molecule has 5 nitrogen and oxygen atoms in total. The Hall–Kier alpha value is -4.04. The minimum Gasteiger partial charge on any atom is -0.497 e. The van der Waals surface area contributed by atoms with Crippen molar-refractivity contribution in [2.24, 2.45) is 0 Å². The van der Waals surface area contributed by atoms with Crippen molar-refractivity contribution in [1.82, 2.24) is 10.2 Å². The molecule has 170 valence electrons. The molecule has 2 bridgehead atoms. The van der Waals surface area contributed by atoms with Crippen molar-refractivity contribution in [3.05, 3.63) is 95.6 Å². The van der Waals surface area contributed by atoms with Crippen LogP contribution >= 0.6 is 0 Å². The molecule has 2 unspecified atom stereocenters. The zero-order valence-electron chi connectivity index (χ0n) is 19.2. The molecule has 2 aliphatic rings. The van der Waals surface area contributed by atoms with Crippen LogP contribution in [0.3, 0.4) is 0 Å². The van der Waals surface area contributed by atoms with Gasteiger partial charge >= 0.3 is 6.03 Å². The number of methoxy groups -OCH3 is 1. The van der Waals surface area contributed by atoms with Crippen molar-refractivity contribution in [3.8, 4) is 22.9 Å². The number of benzene rings is 3. The maximum atomic E-state index is 13.0. The third-order valence-electron chi connectivity index (χ3n) is 6.82. The quantitative estimate of drug-likeness (QED) is 0.538. The van der Waals surface area contributed by atoms with Crippen LogP contribution in [0, 0.1) is 11.3 Å². The van der Waals surface area contributed by atoms with E-state index in [1.54, 1.807) is 7.11 Å². The van der Waals surface area contributed by atoms with Crippen molar-refractivity contribution in [2.45, 2.75) is 37.9 Å². The number of carbonyl (C=O) groups is 1. The molecule has 1 N–H and O–H groups in total. The lowest BCUT2D eigenvalue weighted by Crippen LogP contribution is -2.48. The van der Waals surface area contributed by atoms with E-state index >= 15 is 0 Å². The highest BCUT2D eigenvalue weighted by Gasteiger charge is 2.39. The number of ether oxygens (including phenoxy) is 1. The first-order chi connectivity index (χ1) is 16.7. The molecule has 0 saturated carbocycles. The van der Waals surface area contributed by atoms with Gasteiger partial charge in [0.05, 0.1) is 24.8 Å². The second-order valence-corrected chi connectivity index (χ2v) is 8.85. The molecule has 2 heterocycles. The van der Waals surface area contributed by atoms with Gasteiger partial charge in [0.25, 0.3) is 0 Å². The Labute approximate surface area is 200 Å². The van der Waals surface area contributed by atoms with Crippen molar-refractivity contribution < 1.29 is 9.53 Å². The second-order valence-electron chi connectivity index (χ2n) is 8.85. The lowest BCUT2D eigenvalue weighted by atomic mass is 9.91. The summed E-state index contributed by atoms with van der Waals surface area (Å²) in [6.45, 7) is 0.496. The van der Waals surface area contributed by atoms with Crippen LogP contribution in [0.2, 0.25) is 0 Å². The maximum Gasteiger partial charge on any atom is 0.318 e. The molecule has 0 aliphatic carbocycles. The van der Waals surface area contributed by atoms with Crippen molar-refractivity contribution in [3.63, 3.8) is 0 Å². The summed E-state index contributed by atoms with van der Waals surface area (Å²) in [5, 5.41) is 12.6. The average molecular weight is 450 g/mol. The van der Waals surface area contributed by atoms with Gasteiger partial charge in [-0.15, -0.1) is 0 Å². The largest absolute Gasteiger partial charge is 0.497 e. The molecule has 2 atom stereocenters. The molecule has 2 aliphatic heterocycles. The maximum absolute atomic E-state index is 13.0. The van der Waals surface area contributed by atoms with E-state index in [2.05, 4.69) is 41.7 Å². The van der Waals surface area contributed by atoms with E-state index in [0.717, 1.165) is 41.7 Å². The van der Waals surface area contributed by atoms with Gasteiger partial charge in [-0.3, -0.25) is 0 Å². The van der Waals surface area contributed by atoms with Gasteiger partial charge in [-0.2, -0.15) is 5.26 Å². The smallest absolute Gasteiger partial charge is 0.318 e. The fourth-order valence-electron chi connectivity index (χ4n) is 5.09. The van der Waals surface area contributed by atoms with Gasteiger partial charge in [0.2, 0.25) is 0 Å². The Bertz CT molecular complexity index is 1270. The molecule has 0 radical (unpaired) electrons. The number of fused-ring (bicyclic) bond motifs is 2. The molecule has 3 aromatic rings. The van der Waals surface area contributed by atoms with E-state index in [4.69, 9.17) is 4.74 Å². The summed E-state index contributed by atoms with van der Waals surface area (Å²) in [6, 6.07) is 26.5. The molecule has 0 aromatic heterocycles. The van der Waals surface area contributed by atoms with Crippen LogP contribution in [0.5, 0.6) is 5.75 Å². The first-order valence-corrected chi connectivity index (χ1v) is 11.7. The van der Waals surface area contributed by atoms with Gasteiger partial charge in [0.1, 0.15) is 5.75 Å². The summed E-state index contributed by atoms with van der Waals surface area (Å²) in [5.41, 5.74) is 6.16. The lowest BCUT2D eigenvalue weighted by Gasteiger charge is -2.34. The van der Waals surface area contributed by atoms with Crippen LogP contribution in [0.4, 0.5) is 4.79 Å². The number of hydrogen-bond donors (Lipinski definition) is 1. The Morgan fingerprint density at radius 1 is 1.06 bits per heavy atom. The van der Waals surface area contributed by atoms with Crippen molar-refractivity contribution in [2.75, 3.05) is 7.11 Å². The fraction of sp³-hybridized carbons (Fsp3) is 0.241. The fourth-order valence-corrected chi connectivity index (χ4v) is 5.09. The van der Waals surface area contributed by atoms with Gasteiger partial charge in [-0.25, -0.2) is 4.79 Å². The third-order valence-corrected chi connectivity index (χ3v) is 6.82. The summed E-state index contributed by atoms with van der Waals surface area (Å²) in [5.74, 6) is 0.807. The molecule has 1 fully saturated rings. The highest BCUT2D eigenvalue weighted by atomic mass is 16.5. The first-order valence-electron chi connectivity index (χ1n) is 11.7. The predicted molar refractivity (Wildman–Crippen MR) is 133 cm³/mol. The molecule has 0 spiro atoms. The lowest BCUT2D eigenvalue weighted by molar-refractivity contribution is 0.179. The highest BCUT2D eigenvalue weighted by molar-refractivity contribution is 5.80. The summed E-state index contributed by atoms with van der Waals surface area (Å²) < 4.78 is 5.20. The van der Waals surface area contributed by atoms with Gasteiger partial charge in [-0.05, 0) is 71.4 Å². The van der Waals surface area contributed by atoms with E-state index in [1.807, 2.05) is 53.4 Å². The summed E-state index contributed by atoms with van der Waals surface area (Å²) in [6.07, 6.45) is 5.10. The number of carbonyl (C=O) groups excluding carboxylic acids is 1. The average Bonchev–Trinajstić information content (AvgIpc) is 3.16. The number of nitrogens with zero attached hydrogens (tertiary/aromatic N) is 2. The van der Waals surface area contributed by atoms with Crippen LogP contribution < -0.4 is 10.1 Å². The second kappa shape index (κ2) is 9.44. The monoisotopic (exact) mass is 449 g/mol. The van der Waals surface area contributed by atoms with Crippen LogP contribution in [-0.4, -0.2) is 30.1 Å². The SMILES string of the molecule is COc1ccc(CNC(=O)N2C3C=C(c4cccc(-c5ccccc5C#N)c4)CC2CC3)cc1. The molecule has 34 heavy (non-hydrogen) atoms. The standard InChI is InChI=1S/C29H27N3O2/c1-34-27-13-9-20(10-14-27)19-31-29(33)32-25-11-12-26(32)17-24(16-25)21-6-4-7-22(15-21)28-8-3-2-5-23(28)18-30/h2-10,13-16,25-26H,11-12,17,19H2,1H3,(H,31,33). The van der Waals surface area contributed by atoms with Crippen LogP contribution in [0.15, 0.2) is 78.9 Å². The third kappa shape index (κ3) is 4.27. The van der Waals surface area contributed by atoms with Crippen molar-refractivity contribution in [1.29, 1.82) is 5.26 Å². The van der Waals surface area contributed by atoms with Gasteiger partial charge in [0.15, 0.2) is 0 Å².